The molecule has 80 valence electrons. The van der Waals surface area contributed by atoms with Crippen LogP contribution in [-0.4, -0.2) is 27.5 Å². The smallest absolute Gasteiger partial charge is 0.262 e. The molecule has 15 heavy (non-hydrogen) atoms. The number of nitrogens with one attached hydrogen (secondary N) is 2. The first-order chi connectivity index (χ1) is 7.18. The second kappa shape index (κ2) is 4.00. The molecule has 0 saturated carbocycles. The number of benzene rings is 1. The minimum Gasteiger partial charge on any atom is -0.291 e. The van der Waals surface area contributed by atoms with Gasteiger partial charge in [-0.25, -0.2) is 8.42 Å². The van der Waals surface area contributed by atoms with Gasteiger partial charge in [0.15, 0.2) is 0 Å². The molecule has 0 unspecified atom stereocenters. The standard InChI is InChI=1S/C9H11N3O2S/c13-15(14,8-4-2-1-3-5-8)12-9-6-10-7-11-9/h1-5,10H,6-7H2,(H,11,12). The quantitative estimate of drug-likeness (QED) is 0.740. The molecule has 1 aliphatic rings. The molecule has 0 bridgehead atoms. The number of hydrogen-bond acceptors (Lipinski definition) is 4. The Morgan fingerprint density at radius 3 is 2.60 bits per heavy atom. The molecule has 0 aliphatic carbocycles. The van der Waals surface area contributed by atoms with Crippen molar-refractivity contribution in [2.45, 2.75) is 4.90 Å². The monoisotopic (exact) mass is 225 g/mol. The first kappa shape index (κ1) is 10.1. The van der Waals surface area contributed by atoms with E-state index in [2.05, 4.69) is 15.0 Å². The average molecular weight is 225 g/mol. The minimum atomic E-state index is -3.46. The molecule has 0 fully saturated rings. The number of sulfonamides is 1. The largest absolute Gasteiger partial charge is 0.291 e. The van der Waals surface area contributed by atoms with Gasteiger partial charge in [-0.15, -0.1) is 0 Å². The van der Waals surface area contributed by atoms with Crippen LogP contribution < -0.4 is 10.0 Å². The highest BCUT2D eigenvalue weighted by atomic mass is 32.2. The lowest BCUT2D eigenvalue weighted by molar-refractivity contribution is 0.592. The molecule has 0 saturated heterocycles. The van der Waals surface area contributed by atoms with Gasteiger partial charge < -0.3 is 0 Å². The highest BCUT2D eigenvalue weighted by Gasteiger charge is 2.16. The third kappa shape index (κ3) is 2.34. The highest BCUT2D eigenvalue weighted by molar-refractivity contribution is 7.90. The number of rotatable bonds is 2. The van der Waals surface area contributed by atoms with E-state index in [9.17, 15) is 8.42 Å². The molecule has 0 aromatic heterocycles. The number of amidine groups is 1. The molecule has 0 atom stereocenters. The second-order valence-electron chi connectivity index (χ2n) is 3.11. The minimum absolute atomic E-state index is 0.250. The Hall–Kier alpha value is -1.40. The molecule has 1 aromatic rings. The van der Waals surface area contributed by atoms with Gasteiger partial charge in [0, 0.05) is 0 Å². The Balaban J connectivity index is 2.21. The van der Waals surface area contributed by atoms with Gasteiger partial charge in [-0.2, -0.15) is 0 Å². The van der Waals surface area contributed by atoms with Crippen molar-refractivity contribution in [3.63, 3.8) is 0 Å². The fourth-order valence-electron chi connectivity index (χ4n) is 1.26. The van der Waals surface area contributed by atoms with E-state index >= 15 is 0 Å². The molecule has 5 nitrogen and oxygen atoms in total. The summed E-state index contributed by atoms with van der Waals surface area (Å²) in [7, 11) is -3.46. The van der Waals surface area contributed by atoms with Crippen LogP contribution in [0.5, 0.6) is 0 Å². The predicted molar refractivity (Wildman–Crippen MR) is 57.1 cm³/mol. The zero-order valence-electron chi connectivity index (χ0n) is 7.97. The van der Waals surface area contributed by atoms with Crippen molar-refractivity contribution in [3.05, 3.63) is 30.3 Å². The van der Waals surface area contributed by atoms with Crippen LogP contribution in [0.2, 0.25) is 0 Å². The molecule has 0 amide bonds. The maximum absolute atomic E-state index is 11.8. The summed E-state index contributed by atoms with van der Waals surface area (Å²) in [4.78, 5) is 4.21. The van der Waals surface area contributed by atoms with E-state index in [1.807, 2.05) is 0 Å². The predicted octanol–water partition coefficient (Wildman–Crippen LogP) is -0.0759. The molecular formula is C9H11N3O2S. The number of aliphatic imine (C=N–C) groups is 1. The Bertz CT molecular complexity index is 467. The van der Waals surface area contributed by atoms with Crippen LogP contribution >= 0.6 is 0 Å². The fraction of sp³-hybridized carbons (Fsp3) is 0.222. The van der Waals surface area contributed by atoms with E-state index in [0.29, 0.717) is 19.0 Å². The van der Waals surface area contributed by atoms with E-state index < -0.39 is 10.0 Å². The number of nitrogens with zero attached hydrogens (tertiary/aromatic N) is 1. The zero-order chi connectivity index (χ0) is 10.7. The molecule has 2 rings (SSSR count). The summed E-state index contributed by atoms with van der Waals surface area (Å²) in [5.74, 6) is 0.457. The maximum Gasteiger partial charge on any atom is 0.262 e. The normalized spacial score (nSPS) is 16.1. The van der Waals surface area contributed by atoms with Crippen molar-refractivity contribution < 1.29 is 8.42 Å². The summed E-state index contributed by atoms with van der Waals surface area (Å²) >= 11 is 0. The van der Waals surface area contributed by atoms with Gasteiger partial charge in [0.25, 0.3) is 10.0 Å². The lowest BCUT2D eigenvalue weighted by atomic mass is 10.4. The van der Waals surface area contributed by atoms with Crippen molar-refractivity contribution >= 4 is 15.9 Å². The van der Waals surface area contributed by atoms with Crippen LogP contribution in [0.25, 0.3) is 0 Å². The molecular weight excluding hydrogens is 214 g/mol. The van der Waals surface area contributed by atoms with E-state index in [0.717, 1.165) is 0 Å². The second-order valence-corrected chi connectivity index (χ2v) is 4.79. The molecule has 0 spiro atoms. The zero-order valence-corrected chi connectivity index (χ0v) is 8.79. The van der Waals surface area contributed by atoms with Gasteiger partial charge >= 0.3 is 0 Å². The molecule has 6 heteroatoms. The van der Waals surface area contributed by atoms with Crippen molar-refractivity contribution in [1.29, 1.82) is 0 Å². The highest BCUT2D eigenvalue weighted by Crippen LogP contribution is 2.07. The van der Waals surface area contributed by atoms with Gasteiger partial charge in [0.2, 0.25) is 0 Å². The summed E-state index contributed by atoms with van der Waals surface area (Å²) in [6, 6.07) is 8.23. The average Bonchev–Trinajstić information content (AvgIpc) is 2.71. The van der Waals surface area contributed by atoms with Crippen molar-refractivity contribution in [2.75, 3.05) is 13.2 Å². The molecule has 0 radical (unpaired) electrons. The van der Waals surface area contributed by atoms with Crippen LogP contribution in [0.3, 0.4) is 0 Å². The van der Waals surface area contributed by atoms with Gasteiger partial charge in [-0.05, 0) is 12.1 Å². The van der Waals surface area contributed by atoms with Crippen LogP contribution in [-0.2, 0) is 10.0 Å². The Labute approximate surface area is 88.3 Å². The first-order valence-corrected chi connectivity index (χ1v) is 5.99. The van der Waals surface area contributed by atoms with Crippen molar-refractivity contribution in [2.24, 2.45) is 4.99 Å². The Morgan fingerprint density at radius 1 is 1.27 bits per heavy atom. The van der Waals surface area contributed by atoms with E-state index in [1.165, 1.54) is 0 Å². The molecule has 1 heterocycles. The van der Waals surface area contributed by atoms with Crippen LogP contribution in [0.1, 0.15) is 0 Å². The topological polar surface area (TPSA) is 70.6 Å². The van der Waals surface area contributed by atoms with Crippen molar-refractivity contribution in [3.8, 4) is 0 Å². The van der Waals surface area contributed by atoms with Gasteiger partial charge in [-0.1, -0.05) is 18.2 Å². The Morgan fingerprint density at radius 2 is 2.00 bits per heavy atom. The van der Waals surface area contributed by atoms with Gasteiger partial charge in [0.05, 0.1) is 18.1 Å². The maximum atomic E-state index is 11.8. The lowest BCUT2D eigenvalue weighted by Crippen LogP contribution is -2.33. The van der Waals surface area contributed by atoms with Gasteiger partial charge in [-0.3, -0.25) is 15.0 Å². The van der Waals surface area contributed by atoms with Crippen LogP contribution in [0, 0.1) is 0 Å². The molecule has 1 aliphatic heterocycles. The van der Waals surface area contributed by atoms with Gasteiger partial charge in [0.1, 0.15) is 5.84 Å². The summed E-state index contributed by atoms with van der Waals surface area (Å²) in [5.41, 5.74) is 0. The van der Waals surface area contributed by atoms with Crippen LogP contribution in [0.15, 0.2) is 40.2 Å². The Kier molecular flexibility index (Phi) is 2.70. The lowest BCUT2D eigenvalue weighted by Gasteiger charge is -2.06. The number of hydrogen-bond donors (Lipinski definition) is 2. The van der Waals surface area contributed by atoms with E-state index in [4.69, 9.17) is 0 Å². The molecule has 1 aromatic carbocycles. The summed E-state index contributed by atoms with van der Waals surface area (Å²) < 4.78 is 26.0. The third-order valence-corrected chi connectivity index (χ3v) is 3.38. The fourth-order valence-corrected chi connectivity index (χ4v) is 2.34. The SMILES string of the molecule is O=S(=O)(NC1=NCNC1)c1ccccc1. The van der Waals surface area contributed by atoms with E-state index in [-0.39, 0.29) is 4.90 Å². The third-order valence-electron chi connectivity index (χ3n) is 1.98. The first-order valence-electron chi connectivity index (χ1n) is 4.50. The summed E-state index contributed by atoms with van der Waals surface area (Å²) in [5, 5.41) is 2.92. The van der Waals surface area contributed by atoms with Crippen LogP contribution in [0.4, 0.5) is 0 Å². The van der Waals surface area contributed by atoms with Crippen molar-refractivity contribution in [1.82, 2.24) is 10.0 Å². The van der Waals surface area contributed by atoms with E-state index in [1.54, 1.807) is 30.3 Å². The summed E-state index contributed by atoms with van der Waals surface area (Å²) in [6.07, 6.45) is 0. The molecule has 2 N–H and O–H groups in total. The summed E-state index contributed by atoms with van der Waals surface area (Å²) in [6.45, 7) is 0.929.